The number of halogens is 1. The summed E-state index contributed by atoms with van der Waals surface area (Å²) in [4.78, 5) is 11.8. The molecule has 0 saturated carbocycles. The highest BCUT2D eigenvalue weighted by molar-refractivity contribution is 7.92. The highest BCUT2D eigenvalue weighted by Gasteiger charge is 2.16. The van der Waals surface area contributed by atoms with Crippen molar-refractivity contribution in [3.63, 3.8) is 0 Å². The first-order valence-electron chi connectivity index (χ1n) is 8.06. The predicted molar refractivity (Wildman–Crippen MR) is 104 cm³/mol. The summed E-state index contributed by atoms with van der Waals surface area (Å²) in [5.41, 5.74) is 1.14. The lowest BCUT2D eigenvalue weighted by atomic mass is 10.1. The highest BCUT2D eigenvalue weighted by atomic mass is 35.5. The van der Waals surface area contributed by atoms with Gasteiger partial charge in [0.05, 0.1) is 30.1 Å². The summed E-state index contributed by atoms with van der Waals surface area (Å²) >= 11 is 5.99. The van der Waals surface area contributed by atoms with E-state index >= 15 is 0 Å². The molecule has 0 fully saturated rings. The van der Waals surface area contributed by atoms with Crippen LogP contribution in [0.25, 0.3) is 0 Å². The van der Waals surface area contributed by atoms with E-state index in [1.807, 2.05) is 0 Å². The van der Waals surface area contributed by atoms with Gasteiger partial charge in [-0.2, -0.15) is 0 Å². The third-order valence-electron chi connectivity index (χ3n) is 3.63. The van der Waals surface area contributed by atoms with Crippen LogP contribution in [0.15, 0.2) is 47.4 Å². The van der Waals surface area contributed by atoms with Gasteiger partial charge < -0.3 is 14.8 Å². The van der Waals surface area contributed by atoms with Crippen molar-refractivity contribution >= 4 is 33.2 Å². The summed E-state index contributed by atoms with van der Waals surface area (Å²) in [5.74, 6) is 0.261. The quantitative estimate of drug-likeness (QED) is 0.617. The van der Waals surface area contributed by atoms with Crippen molar-refractivity contribution in [3.05, 3.63) is 53.1 Å². The van der Waals surface area contributed by atoms with Gasteiger partial charge in [-0.05, 0) is 35.9 Å². The second kappa shape index (κ2) is 9.59. The summed E-state index contributed by atoms with van der Waals surface area (Å²) in [6.45, 7) is 0.888. The summed E-state index contributed by atoms with van der Waals surface area (Å²) in [6.07, 6.45) is 0.199. The molecule has 0 saturated heterocycles. The van der Waals surface area contributed by atoms with Crippen LogP contribution >= 0.6 is 11.6 Å². The first-order valence-corrected chi connectivity index (χ1v) is 9.93. The molecule has 0 aromatic heterocycles. The smallest absolute Gasteiger partial charge is 0.261 e. The average molecular weight is 413 g/mol. The van der Waals surface area contributed by atoms with Crippen LogP contribution < -0.4 is 14.8 Å². The highest BCUT2D eigenvalue weighted by Crippen LogP contribution is 2.27. The van der Waals surface area contributed by atoms with E-state index in [0.29, 0.717) is 24.6 Å². The van der Waals surface area contributed by atoms with Crippen LogP contribution in [-0.2, 0) is 26.0 Å². The standard InChI is InChI=1S/C18H21ClN2O5S/c1-25-10-9-20-18(22)11-13-3-5-14(6-4-13)21-27(23,24)15-7-8-17(26-2)16(19)12-15/h3-8,12,21H,9-11H2,1-2H3,(H,20,22). The Bertz CT molecular complexity index is 885. The molecule has 0 radical (unpaired) electrons. The van der Waals surface area contributed by atoms with E-state index in [4.69, 9.17) is 21.1 Å². The molecular weight excluding hydrogens is 392 g/mol. The topological polar surface area (TPSA) is 93.7 Å². The predicted octanol–water partition coefficient (Wildman–Crippen LogP) is 2.45. The Morgan fingerprint density at radius 3 is 2.41 bits per heavy atom. The third kappa shape index (κ3) is 6.13. The van der Waals surface area contributed by atoms with Crippen LogP contribution in [0, 0.1) is 0 Å². The number of carbonyl (C=O) groups excluding carboxylic acids is 1. The minimum Gasteiger partial charge on any atom is -0.495 e. The van der Waals surface area contributed by atoms with E-state index in [0.717, 1.165) is 5.56 Å². The van der Waals surface area contributed by atoms with Gasteiger partial charge in [-0.25, -0.2) is 8.42 Å². The van der Waals surface area contributed by atoms with E-state index in [1.54, 1.807) is 31.4 Å². The number of sulfonamides is 1. The van der Waals surface area contributed by atoms with Gasteiger partial charge in [-0.1, -0.05) is 23.7 Å². The van der Waals surface area contributed by atoms with Crippen molar-refractivity contribution in [2.24, 2.45) is 0 Å². The molecule has 0 atom stereocenters. The molecule has 2 N–H and O–H groups in total. The molecule has 2 aromatic rings. The van der Waals surface area contributed by atoms with E-state index in [-0.39, 0.29) is 22.2 Å². The van der Waals surface area contributed by atoms with Crippen LogP contribution in [0.5, 0.6) is 5.75 Å². The van der Waals surface area contributed by atoms with Crippen LogP contribution in [0.2, 0.25) is 5.02 Å². The number of amides is 1. The monoisotopic (exact) mass is 412 g/mol. The summed E-state index contributed by atoms with van der Waals surface area (Å²) in [7, 11) is -0.782. The number of anilines is 1. The molecule has 0 spiro atoms. The van der Waals surface area contributed by atoms with E-state index in [2.05, 4.69) is 10.0 Å². The molecule has 9 heteroatoms. The van der Waals surface area contributed by atoms with Gasteiger partial charge >= 0.3 is 0 Å². The van der Waals surface area contributed by atoms with Gasteiger partial charge in [0.2, 0.25) is 5.91 Å². The second-order valence-corrected chi connectivity index (χ2v) is 7.71. The van der Waals surface area contributed by atoms with E-state index in [1.165, 1.54) is 25.3 Å². The minimum absolute atomic E-state index is 0.0231. The molecule has 146 valence electrons. The fourth-order valence-electron chi connectivity index (χ4n) is 2.26. The second-order valence-electron chi connectivity index (χ2n) is 5.62. The van der Waals surface area contributed by atoms with E-state index < -0.39 is 10.0 Å². The number of rotatable bonds is 9. The molecular formula is C18H21ClN2O5S. The Balaban J connectivity index is 2.02. The Morgan fingerprint density at radius 2 is 1.81 bits per heavy atom. The van der Waals surface area contributed by atoms with Crippen LogP contribution in [0.1, 0.15) is 5.56 Å². The minimum atomic E-state index is -3.79. The lowest BCUT2D eigenvalue weighted by molar-refractivity contribution is -0.120. The Hall–Kier alpha value is -2.29. The summed E-state index contributed by atoms with van der Waals surface area (Å²) in [6, 6.07) is 10.8. The summed E-state index contributed by atoms with van der Waals surface area (Å²) in [5, 5.41) is 2.93. The number of methoxy groups -OCH3 is 2. The van der Waals surface area contributed by atoms with Gasteiger partial charge in [0.15, 0.2) is 0 Å². The zero-order valence-corrected chi connectivity index (χ0v) is 16.6. The van der Waals surface area contributed by atoms with Crippen molar-refractivity contribution in [1.29, 1.82) is 0 Å². The molecule has 1 amide bonds. The third-order valence-corrected chi connectivity index (χ3v) is 5.31. The first kappa shape index (κ1) is 21.0. The SMILES string of the molecule is COCCNC(=O)Cc1ccc(NS(=O)(=O)c2ccc(OC)c(Cl)c2)cc1. The molecule has 0 aliphatic heterocycles. The lowest BCUT2D eigenvalue weighted by Crippen LogP contribution is -2.28. The summed E-state index contributed by atoms with van der Waals surface area (Å²) < 4.78 is 37.3. The molecule has 27 heavy (non-hydrogen) atoms. The number of benzene rings is 2. The molecule has 0 bridgehead atoms. The molecule has 0 aliphatic carbocycles. The van der Waals surface area contributed by atoms with Crippen molar-refractivity contribution < 1.29 is 22.7 Å². The number of carbonyl (C=O) groups is 1. The van der Waals surface area contributed by atoms with Crippen molar-refractivity contribution in [1.82, 2.24) is 5.32 Å². The molecule has 0 aliphatic rings. The number of nitrogens with one attached hydrogen (secondary N) is 2. The zero-order chi connectivity index (χ0) is 19.9. The maximum Gasteiger partial charge on any atom is 0.261 e. The molecule has 2 aromatic carbocycles. The normalized spacial score (nSPS) is 11.1. The van der Waals surface area contributed by atoms with Crippen LogP contribution in [-0.4, -0.2) is 41.7 Å². The molecule has 7 nitrogen and oxygen atoms in total. The molecule has 2 rings (SSSR count). The fourth-order valence-corrected chi connectivity index (χ4v) is 3.67. The van der Waals surface area contributed by atoms with Crippen LogP contribution in [0.4, 0.5) is 5.69 Å². The van der Waals surface area contributed by atoms with Crippen LogP contribution in [0.3, 0.4) is 0 Å². The largest absolute Gasteiger partial charge is 0.495 e. The van der Waals surface area contributed by atoms with Crippen molar-refractivity contribution in [3.8, 4) is 5.75 Å². The Labute approximate surface area is 163 Å². The van der Waals surface area contributed by atoms with Crippen molar-refractivity contribution in [2.75, 3.05) is 32.1 Å². The number of hydrogen-bond acceptors (Lipinski definition) is 5. The van der Waals surface area contributed by atoms with Gasteiger partial charge in [-0.15, -0.1) is 0 Å². The average Bonchev–Trinajstić information content (AvgIpc) is 2.63. The van der Waals surface area contributed by atoms with E-state index in [9.17, 15) is 13.2 Å². The van der Waals surface area contributed by atoms with Gasteiger partial charge in [0.25, 0.3) is 10.0 Å². The Kier molecular flexibility index (Phi) is 7.46. The zero-order valence-electron chi connectivity index (χ0n) is 15.0. The van der Waals surface area contributed by atoms with Crippen molar-refractivity contribution in [2.45, 2.75) is 11.3 Å². The maximum absolute atomic E-state index is 12.5. The Morgan fingerprint density at radius 1 is 1.11 bits per heavy atom. The maximum atomic E-state index is 12.5. The first-order chi connectivity index (χ1) is 12.9. The van der Waals surface area contributed by atoms with Gasteiger partial charge in [-0.3, -0.25) is 9.52 Å². The number of hydrogen-bond donors (Lipinski definition) is 2. The van der Waals surface area contributed by atoms with Gasteiger partial charge in [0.1, 0.15) is 5.75 Å². The molecule has 0 heterocycles. The fraction of sp³-hybridized carbons (Fsp3) is 0.278. The lowest BCUT2D eigenvalue weighted by Gasteiger charge is -2.10. The number of ether oxygens (including phenoxy) is 2. The molecule has 0 unspecified atom stereocenters. The van der Waals surface area contributed by atoms with Gasteiger partial charge in [0, 0.05) is 19.3 Å².